The molecule has 3 aromatic rings. The Kier molecular flexibility index (Phi) is 3.16. The first-order valence-electron chi connectivity index (χ1n) is 8.71. The number of para-hydroxylation sites is 1. The van der Waals surface area contributed by atoms with Gasteiger partial charge >= 0.3 is 0 Å². The summed E-state index contributed by atoms with van der Waals surface area (Å²) in [6.45, 7) is 1.92. The molecular formula is C20H18N4O2. The fourth-order valence-corrected chi connectivity index (χ4v) is 4.03. The number of rotatable bonds is 2. The van der Waals surface area contributed by atoms with Gasteiger partial charge in [0.2, 0.25) is 5.91 Å². The van der Waals surface area contributed by atoms with Gasteiger partial charge in [0.1, 0.15) is 17.5 Å². The van der Waals surface area contributed by atoms with Gasteiger partial charge in [-0.2, -0.15) is 5.10 Å². The summed E-state index contributed by atoms with van der Waals surface area (Å²) in [5, 5.41) is 10.3. The number of aromatic amines is 1. The smallest absolute Gasteiger partial charge is 0.234 e. The number of carbonyl (C=O) groups excluding carboxylic acids is 1. The van der Waals surface area contributed by atoms with Gasteiger partial charge in [-0.05, 0) is 18.6 Å². The Balaban J connectivity index is 1.58. The van der Waals surface area contributed by atoms with E-state index >= 15 is 0 Å². The van der Waals surface area contributed by atoms with E-state index < -0.39 is 11.6 Å². The molecule has 0 aliphatic carbocycles. The SMILES string of the molecule is CC12CC(c3ccccc3O1)C(c1nc(-c3ccccc3)n[nH]1)C(=O)N2. The van der Waals surface area contributed by atoms with E-state index in [-0.39, 0.29) is 11.8 Å². The van der Waals surface area contributed by atoms with Crippen LogP contribution in [0.15, 0.2) is 54.6 Å². The highest BCUT2D eigenvalue weighted by molar-refractivity contribution is 5.86. The van der Waals surface area contributed by atoms with Gasteiger partial charge in [0.15, 0.2) is 11.5 Å². The molecule has 3 heterocycles. The number of piperidine rings is 1. The molecule has 2 aliphatic heterocycles. The Bertz CT molecular complexity index is 984. The predicted octanol–water partition coefficient (Wildman–Crippen LogP) is 2.97. The molecule has 26 heavy (non-hydrogen) atoms. The summed E-state index contributed by atoms with van der Waals surface area (Å²) in [5.41, 5.74) is 1.28. The van der Waals surface area contributed by atoms with Gasteiger partial charge in [-0.25, -0.2) is 4.98 Å². The first-order chi connectivity index (χ1) is 12.6. The van der Waals surface area contributed by atoms with Gasteiger partial charge in [-0.3, -0.25) is 9.89 Å². The molecule has 6 heteroatoms. The van der Waals surface area contributed by atoms with Crippen molar-refractivity contribution < 1.29 is 9.53 Å². The van der Waals surface area contributed by atoms with Crippen molar-refractivity contribution in [1.29, 1.82) is 0 Å². The summed E-state index contributed by atoms with van der Waals surface area (Å²) in [5.74, 6) is 1.49. The number of nitrogens with one attached hydrogen (secondary N) is 2. The van der Waals surface area contributed by atoms with Crippen LogP contribution in [0.3, 0.4) is 0 Å². The maximum absolute atomic E-state index is 12.9. The highest BCUT2D eigenvalue weighted by Gasteiger charge is 2.50. The van der Waals surface area contributed by atoms with Crippen molar-refractivity contribution in [2.24, 2.45) is 0 Å². The largest absolute Gasteiger partial charge is 0.468 e. The molecule has 3 atom stereocenters. The highest BCUT2D eigenvalue weighted by atomic mass is 16.5. The molecule has 2 aromatic carbocycles. The Hall–Kier alpha value is -3.15. The zero-order valence-corrected chi connectivity index (χ0v) is 14.3. The lowest BCUT2D eigenvalue weighted by Crippen LogP contribution is -2.60. The number of nitrogens with zero attached hydrogens (tertiary/aromatic N) is 2. The Labute approximate surface area is 150 Å². The van der Waals surface area contributed by atoms with Crippen LogP contribution in [0.25, 0.3) is 11.4 Å². The average molecular weight is 346 g/mol. The van der Waals surface area contributed by atoms with Crippen molar-refractivity contribution in [3.8, 4) is 17.1 Å². The second kappa shape index (κ2) is 5.42. The number of fused-ring (bicyclic) bond motifs is 4. The van der Waals surface area contributed by atoms with E-state index in [2.05, 4.69) is 20.5 Å². The zero-order valence-electron chi connectivity index (χ0n) is 14.3. The van der Waals surface area contributed by atoms with Crippen molar-refractivity contribution in [2.75, 3.05) is 0 Å². The average Bonchev–Trinajstić information content (AvgIpc) is 3.11. The summed E-state index contributed by atoms with van der Waals surface area (Å²) in [4.78, 5) is 17.5. The van der Waals surface area contributed by atoms with Crippen LogP contribution in [-0.2, 0) is 4.79 Å². The molecule has 5 rings (SSSR count). The number of ether oxygens (including phenoxy) is 1. The van der Waals surface area contributed by atoms with E-state index in [9.17, 15) is 4.79 Å². The third-order valence-electron chi connectivity index (χ3n) is 5.16. The lowest BCUT2D eigenvalue weighted by atomic mass is 9.74. The Morgan fingerprint density at radius 2 is 1.88 bits per heavy atom. The number of carbonyl (C=O) groups is 1. The molecule has 1 saturated heterocycles. The molecule has 0 saturated carbocycles. The third kappa shape index (κ3) is 2.29. The van der Waals surface area contributed by atoms with E-state index in [0.717, 1.165) is 16.9 Å². The van der Waals surface area contributed by atoms with E-state index in [1.165, 1.54) is 0 Å². The van der Waals surface area contributed by atoms with Gasteiger partial charge in [-0.15, -0.1) is 0 Å². The molecule has 1 aromatic heterocycles. The van der Waals surface area contributed by atoms with Crippen LogP contribution < -0.4 is 10.1 Å². The summed E-state index contributed by atoms with van der Waals surface area (Å²) in [6.07, 6.45) is 0.696. The Morgan fingerprint density at radius 1 is 1.12 bits per heavy atom. The van der Waals surface area contributed by atoms with Gasteiger partial charge in [0, 0.05) is 17.9 Å². The minimum atomic E-state index is -0.686. The molecule has 0 spiro atoms. The van der Waals surface area contributed by atoms with Crippen molar-refractivity contribution in [3.05, 3.63) is 66.0 Å². The highest BCUT2D eigenvalue weighted by Crippen LogP contribution is 2.49. The number of hydrogen-bond acceptors (Lipinski definition) is 4. The van der Waals surface area contributed by atoms with E-state index in [4.69, 9.17) is 4.74 Å². The molecule has 2 bridgehead atoms. The molecule has 2 N–H and O–H groups in total. The summed E-state index contributed by atoms with van der Waals surface area (Å²) in [6, 6.07) is 17.6. The van der Waals surface area contributed by atoms with Crippen molar-refractivity contribution in [3.63, 3.8) is 0 Å². The van der Waals surface area contributed by atoms with Gasteiger partial charge in [0.05, 0.1) is 0 Å². The van der Waals surface area contributed by atoms with Crippen LogP contribution in [-0.4, -0.2) is 26.8 Å². The lowest BCUT2D eigenvalue weighted by Gasteiger charge is -2.46. The van der Waals surface area contributed by atoms with Crippen LogP contribution in [0.2, 0.25) is 0 Å². The van der Waals surface area contributed by atoms with Crippen LogP contribution in [0, 0.1) is 0 Å². The first-order valence-corrected chi connectivity index (χ1v) is 8.71. The van der Waals surface area contributed by atoms with Crippen molar-refractivity contribution in [2.45, 2.75) is 30.9 Å². The normalized spacial score (nSPS) is 26.6. The first kappa shape index (κ1) is 15.1. The molecule has 6 nitrogen and oxygen atoms in total. The molecule has 1 fully saturated rings. The van der Waals surface area contributed by atoms with Gasteiger partial charge in [0.25, 0.3) is 0 Å². The minimum Gasteiger partial charge on any atom is -0.468 e. The van der Waals surface area contributed by atoms with Crippen LogP contribution in [0.5, 0.6) is 5.75 Å². The number of benzene rings is 2. The van der Waals surface area contributed by atoms with E-state index in [1.54, 1.807) is 0 Å². The molecule has 130 valence electrons. The second-order valence-electron chi connectivity index (χ2n) is 7.06. The molecular weight excluding hydrogens is 328 g/mol. The van der Waals surface area contributed by atoms with Gasteiger partial charge in [-0.1, -0.05) is 48.5 Å². The fourth-order valence-electron chi connectivity index (χ4n) is 4.03. The Morgan fingerprint density at radius 3 is 2.73 bits per heavy atom. The van der Waals surface area contributed by atoms with Crippen molar-refractivity contribution >= 4 is 5.91 Å². The minimum absolute atomic E-state index is 0.00438. The monoisotopic (exact) mass is 346 g/mol. The number of H-pyrrole nitrogens is 1. The topological polar surface area (TPSA) is 79.9 Å². The standard InChI is InChI=1S/C20H18N4O2/c1-20-11-14(13-9-5-6-10-15(13)26-20)16(19(25)22-20)18-21-17(23-24-18)12-7-3-2-4-8-12/h2-10,14,16H,11H2,1H3,(H,22,25)(H,21,23,24). The summed E-state index contributed by atoms with van der Waals surface area (Å²) < 4.78 is 6.04. The molecule has 3 unspecified atom stereocenters. The number of hydrogen-bond donors (Lipinski definition) is 2. The quantitative estimate of drug-likeness (QED) is 0.748. The van der Waals surface area contributed by atoms with Crippen LogP contribution in [0.4, 0.5) is 0 Å². The van der Waals surface area contributed by atoms with Crippen LogP contribution in [0.1, 0.15) is 36.6 Å². The van der Waals surface area contributed by atoms with E-state index in [1.807, 2.05) is 61.5 Å². The second-order valence-corrected chi connectivity index (χ2v) is 7.06. The third-order valence-corrected chi connectivity index (χ3v) is 5.16. The van der Waals surface area contributed by atoms with Crippen LogP contribution >= 0.6 is 0 Å². The van der Waals surface area contributed by atoms with Gasteiger partial charge < -0.3 is 10.1 Å². The maximum atomic E-state index is 12.9. The molecule has 1 amide bonds. The molecule has 0 radical (unpaired) electrons. The number of amides is 1. The fraction of sp³-hybridized carbons (Fsp3) is 0.250. The summed E-state index contributed by atoms with van der Waals surface area (Å²) >= 11 is 0. The maximum Gasteiger partial charge on any atom is 0.234 e. The lowest BCUT2D eigenvalue weighted by molar-refractivity contribution is -0.135. The van der Waals surface area contributed by atoms with Crippen molar-refractivity contribution in [1.82, 2.24) is 20.5 Å². The van der Waals surface area contributed by atoms with E-state index in [0.29, 0.717) is 18.1 Å². The molecule has 2 aliphatic rings. The zero-order chi connectivity index (χ0) is 17.7. The predicted molar refractivity (Wildman–Crippen MR) is 95.5 cm³/mol. The summed E-state index contributed by atoms with van der Waals surface area (Å²) in [7, 11) is 0. The number of aromatic nitrogens is 3.